The molecule has 0 amide bonds. The Balaban J connectivity index is 0.000000167. The Morgan fingerprint density at radius 1 is 1.17 bits per heavy atom. The van der Waals surface area contributed by atoms with Crippen LogP contribution in [0.15, 0.2) is 67.3 Å². The van der Waals surface area contributed by atoms with Crippen LogP contribution in [0, 0.1) is 18.6 Å². The van der Waals surface area contributed by atoms with Crippen molar-refractivity contribution in [1.29, 1.82) is 0 Å². The zero-order chi connectivity index (χ0) is 15.9. The van der Waals surface area contributed by atoms with E-state index < -0.39 is 0 Å². The molecule has 1 aromatic carbocycles. The second kappa shape index (κ2) is 8.96. The van der Waals surface area contributed by atoms with Gasteiger partial charge in [-0.3, -0.25) is 9.37 Å². The molecule has 1 N–H and O–H groups in total. The van der Waals surface area contributed by atoms with Crippen LogP contribution in [0.4, 0.5) is 10.1 Å². The number of hydrogen-bond donors (Lipinski definition) is 1. The molecule has 122 valence electrons. The Morgan fingerprint density at radius 3 is 2.67 bits per heavy atom. The summed E-state index contributed by atoms with van der Waals surface area (Å²) in [4.78, 5) is 5.94. The number of nitrogens with one attached hydrogen (secondary N) is 1. The van der Waals surface area contributed by atoms with Gasteiger partial charge in [0.1, 0.15) is 0 Å². The summed E-state index contributed by atoms with van der Waals surface area (Å²) in [5, 5.41) is 10.5. The molecule has 0 fully saturated rings. The van der Waals surface area contributed by atoms with Crippen LogP contribution in [0.1, 0.15) is 0 Å². The third-order valence-corrected chi connectivity index (χ3v) is 2.97. The molecule has 0 spiro atoms. The summed E-state index contributed by atoms with van der Waals surface area (Å²) in [5.74, 6) is -0.269. The fourth-order valence-corrected chi connectivity index (χ4v) is 1.88. The van der Waals surface area contributed by atoms with Crippen LogP contribution in [-0.2, 0) is 20.1 Å². The molecule has 7 heteroatoms. The SMILES string of the molecule is Fc1c[c-]c(N2C=CN[CH-]2)cc1.[Ir+3].c1ccc(-c2ccn[n-]2)nc1. The fraction of sp³-hybridized carbons (Fsp3) is 0. The van der Waals surface area contributed by atoms with Crippen molar-refractivity contribution in [2.75, 3.05) is 4.90 Å². The van der Waals surface area contributed by atoms with Gasteiger partial charge < -0.3 is 20.4 Å². The molecule has 0 bridgehead atoms. The molecule has 3 heterocycles. The van der Waals surface area contributed by atoms with Crippen molar-refractivity contribution in [3.05, 3.63) is 85.8 Å². The predicted molar refractivity (Wildman–Crippen MR) is 85.1 cm³/mol. The number of rotatable bonds is 2. The first-order valence-electron chi connectivity index (χ1n) is 6.90. The summed E-state index contributed by atoms with van der Waals surface area (Å²) in [5.41, 5.74) is 2.51. The van der Waals surface area contributed by atoms with E-state index in [1.54, 1.807) is 31.3 Å². The van der Waals surface area contributed by atoms with Crippen LogP contribution >= 0.6 is 0 Å². The van der Waals surface area contributed by atoms with Crippen molar-refractivity contribution >= 4 is 5.69 Å². The molecule has 0 atom stereocenters. The van der Waals surface area contributed by atoms with Crippen LogP contribution in [0.5, 0.6) is 0 Å². The summed E-state index contributed by atoms with van der Waals surface area (Å²) in [6.45, 7) is 1.77. The maximum absolute atomic E-state index is 12.5. The average molecular weight is 499 g/mol. The van der Waals surface area contributed by atoms with Crippen molar-refractivity contribution in [3.63, 3.8) is 0 Å². The van der Waals surface area contributed by atoms with E-state index in [-0.39, 0.29) is 25.9 Å². The Morgan fingerprint density at radius 2 is 2.08 bits per heavy atom. The molecule has 2 aromatic heterocycles. The van der Waals surface area contributed by atoms with Crippen LogP contribution in [0.25, 0.3) is 11.4 Å². The van der Waals surface area contributed by atoms with E-state index in [0.717, 1.165) is 17.1 Å². The summed E-state index contributed by atoms with van der Waals surface area (Å²) in [6.07, 6.45) is 7.02. The van der Waals surface area contributed by atoms with Crippen molar-refractivity contribution in [1.82, 2.24) is 20.5 Å². The molecule has 1 aliphatic heterocycles. The number of nitrogens with zero attached hydrogens (tertiary/aromatic N) is 4. The molecule has 0 saturated heterocycles. The van der Waals surface area contributed by atoms with E-state index in [4.69, 9.17) is 0 Å². The van der Waals surface area contributed by atoms with E-state index in [9.17, 15) is 4.39 Å². The van der Waals surface area contributed by atoms with Gasteiger partial charge in [0, 0.05) is 23.9 Å². The maximum Gasteiger partial charge on any atom is 3.00 e. The van der Waals surface area contributed by atoms with Crippen LogP contribution in [0.2, 0.25) is 0 Å². The molecule has 1 aliphatic rings. The van der Waals surface area contributed by atoms with Gasteiger partial charge in [-0.15, -0.1) is 23.9 Å². The number of aromatic nitrogens is 3. The van der Waals surface area contributed by atoms with Gasteiger partial charge in [-0.1, -0.05) is 17.8 Å². The topological polar surface area (TPSA) is 55.2 Å². The molecule has 0 saturated carbocycles. The predicted octanol–water partition coefficient (Wildman–Crippen LogP) is 2.72. The normalized spacial score (nSPS) is 12.0. The molecule has 5 nitrogen and oxygen atoms in total. The van der Waals surface area contributed by atoms with Crippen molar-refractivity contribution in [2.45, 2.75) is 0 Å². The van der Waals surface area contributed by atoms with Crippen LogP contribution < -0.4 is 15.3 Å². The van der Waals surface area contributed by atoms with E-state index in [2.05, 4.69) is 26.6 Å². The number of benzene rings is 1. The average Bonchev–Trinajstić information content (AvgIpc) is 3.31. The molecule has 4 rings (SSSR count). The van der Waals surface area contributed by atoms with Crippen molar-refractivity contribution in [2.24, 2.45) is 0 Å². The van der Waals surface area contributed by atoms with Crippen LogP contribution in [0.3, 0.4) is 0 Å². The van der Waals surface area contributed by atoms with Crippen molar-refractivity contribution < 1.29 is 24.5 Å². The standard InChI is InChI=1S/C9H7FN2.C8H6N3.Ir/c10-8-1-3-9(4-2-8)12-6-5-11-7-12;1-2-5-9-7(3-1)8-4-6-10-11-8;/h1-3,5-7,11H;1-6H;/q-2;-1;+3. The van der Waals surface area contributed by atoms with Gasteiger partial charge in [-0.25, -0.2) is 0 Å². The third kappa shape index (κ3) is 4.75. The first-order valence-corrected chi connectivity index (χ1v) is 6.90. The van der Waals surface area contributed by atoms with E-state index in [0.29, 0.717) is 0 Å². The number of pyridine rings is 1. The Kier molecular flexibility index (Phi) is 6.66. The number of anilines is 1. The van der Waals surface area contributed by atoms with Gasteiger partial charge in [0.05, 0.1) is 0 Å². The monoisotopic (exact) mass is 499 g/mol. The van der Waals surface area contributed by atoms with Crippen LogP contribution in [-0.4, -0.2) is 10.1 Å². The second-order valence-electron chi connectivity index (χ2n) is 4.54. The maximum atomic E-state index is 12.5. The van der Waals surface area contributed by atoms with E-state index in [1.807, 2.05) is 35.4 Å². The largest absolute Gasteiger partial charge is 3.00 e. The van der Waals surface area contributed by atoms with Gasteiger partial charge in [0.25, 0.3) is 0 Å². The molecular formula is C17H13FIrN5. The van der Waals surface area contributed by atoms with Gasteiger partial charge in [0.2, 0.25) is 0 Å². The first-order chi connectivity index (χ1) is 11.3. The summed E-state index contributed by atoms with van der Waals surface area (Å²) >= 11 is 0. The van der Waals surface area contributed by atoms with Gasteiger partial charge >= 0.3 is 20.1 Å². The van der Waals surface area contributed by atoms with E-state index in [1.165, 1.54) is 12.1 Å². The second-order valence-corrected chi connectivity index (χ2v) is 4.54. The number of halogens is 1. The summed E-state index contributed by atoms with van der Waals surface area (Å²) < 4.78 is 12.5. The molecule has 3 aromatic rings. The quantitative estimate of drug-likeness (QED) is 0.551. The molecule has 0 unspecified atom stereocenters. The zero-order valence-electron chi connectivity index (χ0n) is 12.4. The minimum Gasteiger partial charge on any atom is -0.574 e. The van der Waals surface area contributed by atoms with E-state index >= 15 is 0 Å². The Labute approximate surface area is 153 Å². The Bertz CT molecular complexity index is 744. The minimum atomic E-state index is -0.269. The number of hydrogen-bond acceptors (Lipinski definition) is 4. The molecule has 24 heavy (non-hydrogen) atoms. The van der Waals surface area contributed by atoms with Crippen molar-refractivity contribution in [3.8, 4) is 11.4 Å². The fourth-order valence-electron chi connectivity index (χ4n) is 1.88. The summed E-state index contributed by atoms with van der Waals surface area (Å²) in [6, 6.07) is 14.7. The Hall–Kier alpha value is -2.50. The molecule has 0 aliphatic carbocycles. The van der Waals surface area contributed by atoms with Gasteiger partial charge in [0.15, 0.2) is 0 Å². The van der Waals surface area contributed by atoms with Gasteiger partial charge in [-0.05, 0) is 24.5 Å². The molecular weight excluding hydrogens is 485 g/mol. The zero-order valence-corrected chi connectivity index (χ0v) is 14.8. The minimum absolute atomic E-state index is 0. The first kappa shape index (κ1) is 17.8. The molecule has 0 radical (unpaired) electrons. The smallest absolute Gasteiger partial charge is 0.574 e. The van der Waals surface area contributed by atoms with Gasteiger partial charge in [-0.2, -0.15) is 12.7 Å². The third-order valence-electron chi connectivity index (χ3n) is 2.97. The summed E-state index contributed by atoms with van der Waals surface area (Å²) in [7, 11) is 0.